The second-order valence-corrected chi connectivity index (χ2v) is 6.07. The van der Waals surface area contributed by atoms with Crippen molar-refractivity contribution < 1.29 is 14.5 Å². The fraction of sp³-hybridized carbons (Fsp3) is 0.316. The number of benzene rings is 2. The monoisotopic (exact) mass is 357 g/mol. The largest absolute Gasteiger partial charge is 0.492 e. The predicted octanol–water partition coefficient (Wildman–Crippen LogP) is 3.57. The Kier molecular flexibility index (Phi) is 6.54. The van der Waals surface area contributed by atoms with Gasteiger partial charge in [0.25, 0.3) is 11.6 Å². The Hall–Kier alpha value is -3.09. The van der Waals surface area contributed by atoms with Crippen LogP contribution in [0.5, 0.6) is 5.75 Å². The number of ether oxygens (including phenoxy) is 1. The molecule has 0 radical (unpaired) electrons. The summed E-state index contributed by atoms with van der Waals surface area (Å²) in [6.07, 6.45) is 0. The molecule has 0 atom stereocenters. The summed E-state index contributed by atoms with van der Waals surface area (Å²) in [5.74, 6) is 0.814. The molecule has 138 valence electrons. The smallest absolute Gasteiger partial charge is 0.293 e. The van der Waals surface area contributed by atoms with E-state index in [9.17, 15) is 14.9 Å². The molecular formula is C19H23N3O4. The van der Waals surface area contributed by atoms with E-state index in [1.807, 2.05) is 24.3 Å². The number of nitro benzene ring substituents is 1. The van der Waals surface area contributed by atoms with E-state index in [1.165, 1.54) is 17.7 Å². The van der Waals surface area contributed by atoms with Crippen LogP contribution in [-0.4, -0.2) is 31.0 Å². The maximum Gasteiger partial charge on any atom is 0.293 e. The lowest BCUT2D eigenvalue weighted by Gasteiger charge is -2.10. The van der Waals surface area contributed by atoms with Gasteiger partial charge in [-0.2, -0.15) is 0 Å². The van der Waals surface area contributed by atoms with E-state index in [-0.39, 0.29) is 17.2 Å². The molecule has 0 aliphatic carbocycles. The zero-order valence-electron chi connectivity index (χ0n) is 15.1. The lowest BCUT2D eigenvalue weighted by atomic mass is 10.0. The van der Waals surface area contributed by atoms with Crippen LogP contribution in [0.1, 0.15) is 35.7 Å². The molecule has 0 aliphatic heterocycles. The van der Waals surface area contributed by atoms with Crippen LogP contribution >= 0.6 is 0 Å². The highest BCUT2D eigenvalue weighted by molar-refractivity contribution is 5.95. The van der Waals surface area contributed by atoms with Gasteiger partial charge in [0.1, 0.15) is 18.0 Å². The third kappa shape index (κ3) is 4.95. The average molecular weight is 357 g/mol. The van der Waals surface area contributed by atoms with Gasteiger partial charge in [-0.3, -0.25) is 14.9 Å². The van der Waals surface area contributed by atoms with Crippen LogP contribution < -0.4 is 15.4 Å². The molecule has 1 amide bonds. The minimum atomic E-state index is -0.521. The van der Waals surface area contributed by atoms with Crippen molar-refractivity contribution in [3.8, 4) is 5.75 Å². The molecule has 2 rings (SSSR count). The van der Waals surface area contributed by atoms with E-state index in [2.05, 4.69) is 24.5 Å². The molecule has 0 spiro atoms. The number of hydrogen-bond acceptors (Lipinski definition) is 5. The number of rotatable bonds is 8. The molecular weight excluding hydrogens is 334 g/mol. The molecule has 0 aromatic heterocycles. The normalized spacial score (nSPS) is 10.5. The van der Waals surface area contributed by atoms with Gasteiger partial charge < -0.3 is 15.4 Å². The minimum absolute atomic E-state index is 0.137. The standard InChI is InChI=1S/C19H23N3O4/c1-13(2)14-4-7-16(8-5-14)26-11-10-21-19(23)15-6-9-17(20-3)18(12-15)22(24)25/h4-9,12-13,20H,10-11H2,1-3H3,(H,21,23). The second kappa shape index (κ2) is 8.84. The number of nitrogens with zero attached hydrogens (tertiary/aromatic N) is 1. The topological polar surface area (TPSA) is 93.5 Å². The van der Waals surface area contributed by atoms with Gasteiger partial charge in [0.05, 0.1) is 11.5 Å². The Balaban J connectivity index is 1.87. The van der Waals surface area contributed by atoms with E-state index in [4.69, 9.17) is 4.74 Å². The molecule has 2 aromatic rings. The van der Waals surface area contributed by atoms with Gasteiger partial charge in [0.2, 0.25) is 0 Å². The van der Waals surface area contributed by atoms with Gasteiger partial charge in [-0.15, -0.1) is 0 Å². The van der Waals surface area contributed by atoms with Crippen molar-refractivity contribution in [3.05, 3.63) is 63.7 Å². The van der Waals surface area contributed by atoms with Crippen LogP contribution in [0.4, 0.5) is 11.4 Å². The van der Waals surface area contributed by atoms with Crippen molar-refractivity contribution in [2.45, 2.75) is 19.8 Å². The first-order chi connectivity index (χ1) is 12.4. The first-order valence-corrected chi connectivity index (χ1v) is 8.39. The third-order valence-corrected chi connectivity index (χ3v) is 3.93. The van der Waals surface area contributed by atoms with Gasteiger partial charge >= 0.3 is 0 Å². The molecule has 0 unspecified atom stereocenters. The van der Waals surface area contributed by atoms with E-state index < -0.39 is 4.92 Å². The number of amides is 1. The Labute approximate surface area is 152 Å². The molecule has 0 aliphatic rings. The SMILES string of the molecule is CNc1ccc(C(=O)NCCOc2ccc(C(C)C)cc2)cc1[N+](=O)[O-]. The second-order valence-electron chi connectivity index (χ2n) is 6.07. The highest BCUT2D eigenvalue weighted by Gasteiger charge is 2.16. The third-order valence-electron chi connectivity index (χ3n) is 3.93. The summed E-state index contributed by atoms with van der Waals surface area (Å²) >= 11 is 0. The van der Waals surface area contributed by atoms with Crippen LogP contribution in [0, 0.1) is 10.1 Å². The van der Waals surface area contributed by atoms with Crippen molar-refractivity contribution in [1.82, 2.24) is 5.32 Å². The lowest BCUT2D eigenvalue weighted by Crippen LogP contribution is -2.28. The highest BCUT2D eigenvalue weighted by atomic mass is 16.6. The molecule has 0 saturated carbocycles. The number of carbonyl (C=O) groups is 1. The van der Waals surface area contributed by atoms with Gasteiger partial charge in [0, 0.05) is 18.7 Å². The van der Waals surface area contributed by atoms with Crippen LogP contribution in [-0.2, 0) is 0 Å². The molecule has 7 nitrogen and oxygen atoms in total. The lowest BCUT2D eigenvalue weighted by molar-refractivity contribution is -0.384. The molecule has 7 heteroatoms. The van der Waals surface area contributed by atoms with Gasteiger partial charge in [-0.25, -0.2) is 0 Å². The molecule has 2 aromatic carbocycles. The Morgan fingerprint density at radius 3 is 2.46 bits per heavy atom. The number of hydrogen-bond donors (Lipinski definition) is 2. The van der Waals surface area contributed by atoms with Gasteiger partial charge in [-0.1, -0.05) is 26.0 Å². The summed E-state index contributed by atoms with van der Waals surface area (Å²) in [4.78, 5) is 22.7. The van der Waals surface area contributed by atoms with Crippen molar-refractivity contribution in [2.24, 2.45) is 0 Å². The molecule has 2 N–H and O–H groups in total. The van der Waals surface area contributed by atoms with Gasteiger partial charge in [0.15, 0.2) is 0 Å². The Morgan fingerprint density at radius 2 is 1.88 bits per heavy atom. The number of nitro groups is 1. The zero-order valence-corrected chi connectivity index (χ0v) is 15.1. The molecule has 0 saturated heterocycles. The zero-order chi connectivity index (χ0) is 19.1. The Morgan fingerprint density at radius 1 is 1.19 bits per heavy atom. The number of carbonyl (C=O) groups excluding carboxylic acids is 1. The van der Waals surface area contributed by atoms with E-state index in [0.717, 1.165) is 5.75 Å². The predicted molar refractivity (Wildman–Crippen MR) is 101 cm³/mol. The van der Waals surface area contributed by atoms with E-state index >= 15 is 0 Å². The van der Waals surface area contributed by atoms with Crippen molar-refractivity contribution in [3.63, 3.8) is 0 Å². The van der Waals surface area contributed by atoms with E-state index in [1.54, 1.807) is 13.1 Å². The van der Waals surface area contributed by atoms with Crippen molar-refractivity contribution in [1.29, 1.82) is 0 Å². The number of nitrogens with one attached hydrogen (secondary N) is 2. The van der Waals surface area contributed by atoms with Gasteiger partial charge in [-0.05, 0) is 35.7 Å². The first kappa shape index (κ1) is 19.2. The maximum absolute atomic E-state index is 12.1. The van der Waals surface area contributed by atoms with Crippen LogP contribution in [0.25, 0.3) is 0 Å². The van der Waals surface area contributed by atoms with Crippen molar-refractivity contribution >= 4 is 17.3 Å². The highest BCUT2D eigenvalue weighted by Crippen LogP contribution is 2.25. The molecule has 0 bridgehead atoms. The van der Waals surface area contributed by atoms with Crippen LogP contribution in [0.2, 0.25) is 0 Å². The quantitative estimate of drug-likeness (QED) is 0.428. The molecule has 0 heterocycles. The summed E-state index contributed by atoms with van der Waals surface area (Å²) in [7, 11) is 1.59. The molecule has 26 heavy (non-hydrogen) atoms. The maximum atomic E-state index is 12.1. The first-order valence-electron chi connectivity index (χ1n) is 8.39. The Bertz CT molecular complexity index is 773. The fourth-order valence-corrected chi connectivity index (χ4v) is 2.42. The summed E-state index contributed by atoms with van der Waals surface area (Å²) in [6, 6.07) is 12.1. The average Bonchev–Trinajstić information content (AvgIpc) is 2.64. The summed E-state index contributed by atoms with van der Waals surface area (Å²) < 4.78 is 5.59. The minimum Gasteiger partial charge on any atom is -0.492 e. The van der Waals surface area contributed by atoms with Crippen LogP contribution in [0.15, 0.2) is 42.5 Å². The summed E-state index contributed by atoms with van der Waals surface area (Å²) in [6.45, 7) is 4.85. The molecule has 0 fully saturated rings. The van der Waals surface area contributed by atoms with Crippen molar-refractivity contribution in [2.75, 3.05) is 25.5 Å². The number of anilines is 1. The van der Waals surface area contributed by atoms with Crippen LogP contribution in [0.3, 0.4) is 0 Å². The van der Waals surface area contributed by atoms with E-state index in [0.29, 0.717) is 24.8 Å². The summed E-state index contributed by atoms with van der Waals surface area (Å²) in [5.41, 5.74) is 1.69. The fourth-order valence-electron chi connectivity index (χ4n) is 2.42. The summed E-state index contributed by atoms with van der Waals surface area (Å²) in [5, 5.41) is 16.5.